The molecule has 5 N–H and O–H groups in total. The number of alkyl carbamates (subject to hydrolysis) is 1. The number of hydrogen-bond acceptors (Lipinski definition) is 6. The zero-order valence-electron chi connectivity index (χ0n) is 13.3. The molecule has 0 fully saturated rings. The lowest BCUT2D eigenvalue weighted by atomic mass is 10.1. The van der Waals surface area contributed by atoms with E-state index in [1.165, 1.54) is 0 Å². The van der Waals surface area contributed by atoms with Crippen LogP contribution in [-0.2, 0) is 11.3 Å². The van der Waals surface area contributed by atoms with Crippen molar-refractivity contribution in [3.63, 3.8) is 0 Å². The van der Waals surface area contributed by atoms with Gasteiger partial charge in [0.25, 0.3) is 0 Å². The highest BCUT2D eigenvalue weighted by Gasteiger charge is 2.22. The molecule has 0 aliphatic rings. The zero-order valence-corrected chi connectivity index (χ0v) is 13.3. The number of ether oxygens (including phenoxy) is 1. The average molecular weight is 331 g/mol. The monoisotopic (exact) mass is 331 g/mol. The second-order valence-electron chi connectivity index (χ2n) is 5.44. The van der Waals surface area contributed by atoms with Gasteiger partial charge >= 0.3 is 6.09 Å². The number of nitrogens with two attached hydrogens (primary N) is 1. The zero-order chi connectivity index (χ0) is 17.5. The van der Waals surface area contributed by atoms with Crippen molar-refractivity contribution in [2.45, 2.75) is 25.7 Å². The highest BCUT2D eigenvalue weighted by Crippen LogP contribution is 2.21. The van der Waals surface area contributed by atoms with Crippen molar-refractivity contribution in [1.82, 2.24) is 10.3 Å². The highest BCUT2D eigenvalue weighted by atomic mass is 16.5. The SMILES string of the molecule is Cc1cnc(C(O)C(O)CNC(=O)OCc2ccccc2)c(N)c1. The van der Waals surface area contributed by atoms with Crippen molar-refractivity contribution in [2.75, 3.05) is 12.3 Å². The van der Waals surface area contributed by atoms with Gasteiger partial charge in [0.2, 0.25) is 0 Å². The van der Waals surface area contributed by atoms with Crippen LogP contribution in [0.2, 0.25) is 0 Å². The van der Waals surface area contributed by atoms with Gasteiger partial charge in [0.15, 0.2) is 0 Å². The number of rotatable bonds is 6. The fourth-order valence-corrected chi connectivity index (χ4v) is 2.11. The molecule has 0 saturated carbocycles. The number of aryl methyl sites for hydroxylation is 1. The number of aliphatic hydroxyl groups is 2. The van der Waals surface area contributed by atoms with Gasteiger partial charge in [-0.05, 0) is 24.1 Å². The van der Waals surface area contributed by atoms with Gasteiger partial charge in [-0.1, -0.05) is 30.3 Å². The average Bonchev–Trinajstić information content (AvgIpc) is 2.58. The second kappa shape index (κ2) is 8.28. The van der Waals surface area contributed by atoms with Crippen molar-refractivity contribution in [3.8, 4) is 0 Å². The first-order chi connectivity index (χ1) is 11.5. The summed E-state index contributed by atoms with van der Waals surface area (Å²) < 4.78 is 5.02. The smallest absolute Gasteiger partial charge is 0.407 e. The summed E-state index contributed by atoms with van der Waals surface area (Å²) >= 11 is 0. The van der Waals surface area contributed by atoms with Crippen LogP contribution in [0.25, 0.3) is 0 Å². The topological polar surface area (TPSA) is 118 Å². The Labute approximate surface area is 140 Å². The molecule has 2 rings (SSSR count). The summed E-state index contributed by atoms with van der Waals surface area (Å²) in [6, 6.07) is 10.9. The summed E-state index contributed by atoms with van der Waals surface area (Å²) in [5.74, 6) is 0. The Balaban J connectivity index is 1.81. The molecule has 7 nitrogen and oxygen atoms in total. The predicted molar refractivity (Wildman–Crippen MR) is 89.0 cm³/mol. The number of aromatic nitrogens is 1. The minimum absolute atomic E-state index is 0.123. The van der Waals surface area contributed by atoms with Crippen LogP contribution in [0.5, 0.6) is 0 Å². The third kappa shape index (κ3) is 4.94. The molecule has 0 aliphatic carbocycles. The molecule has 1 amide bonds. The fraction of sp³-hybridized carbons (Fsp3) is 0.294. The molecule has 0 saturated heterocycles. The normalized spacial score (nSPS) is 13.1. The van der Waals surface area contributed by atoms with Gasteiger partial charge in [-0.15, -0.1) is 0 Å². The second-order valence-corrected chi connectivity index (χ2v) is 5.44. The Morgan fingerprint density at radius 2 is 2.04 bits per heavy atom. The standard InChI is InChI=1S/C17H21N3O4/c1-11-7-13(18)15(19-8-11)16(22)14(21)9-20-17(23)24-10-12-5-3-2-4-6-12/h2-8,14,16,21-22H,9-10,18H2,1H3,(H,20,23). The van der Waals surface area contributed by atoms with Gasteiger partial charge < -0.3 is 26.0 Å². The molecule has 2 aromatic rings. The predicted octanol–water partition coefficient (Wildman–Crippen LogP) is 1.29. The molecule has 1 aromatic heterocycles. The Morgan fingerprint density at radius 1 is 1.33 bits per heavy atom. The van der Waals surface area contributed by atoms with Crippen LogP contribution in [0, 0.1) is 6.92 Å². The number of nitrogens with one attached hydrogen (secondary N) is 1. The number of anilines is 1. The van der Waals surface area contributed by atoms with Gasteiger partial charge in [0.05, 0.1) is 11.4 Å². The number of pyridine rings is 1. The molecule has 0 bridgehead atoms. The van der Waals surface area contributed by atoms with E-state index in [2.05, 4.69) is 10.3 Å². The van der Waals surface area contributed by atoms with Crippen LogP contribution >= 0.6 is 0 Å². The first-order valence-electron chi connectivity index (χ1n) is 7.50. The van der Waals surface area contributed by atoms with Crippen molar-refractivity contribution in [3.05, 3.63) is 59.4 Å². The van der Waals surface area contributed by atoms with Gasteiger partial charge in [-0.2, -0.15) is 0 Å². The van der Waals surface area contributed by atoms with Crippen LogP contribution in [-0.4, -0.2) is 33.9 Å². The molecule has 1 heterocycles. The lowest BCUT2D eigenvalue weighted by molar-refractivity contribution is 0.0164. The van der Waals surface area contributed by atoms with E-state index in [1.807, 2.05) is 37.3 Å². The lowest BCUT2D eigenvalue weighted by Crippen LogP contribution is -2.36. The van der Waals surface area contributed by atoms with Crippen molar-refractivity contribution in [2.24, 2.45) is 0 Å². The molecular formula is C17H21N3O4. The molecule has 0 radical (unpaired) electrons. The first kappa shape index (κ1) is 17.7. The molecule has 0 spiro atoms. The molecule has 7 heteroatoms. The van der Waals surface area contributed by atoms with Crippen molar-refractivity contribution >= 4 is 11.8 Å². The van der Waals surface area contributed by atoms with Crippen LogP contribution in [0.3, 0.4) is 0 Å². The third-order valence-corrected chi connectivity index (χ3v) is 3.40. The van der Waals surface area contributed by atoms with E-state index in [9.17, 15) is 15.0 Å². The molecule has 2 atom stereocenters. The lowest BCUT2D eigenvalue weighted by Gasteiger charge is -2.19. The number of nitrogen functional groups attached to an aromatic ring is 1. The highest BCUT2D eigenvalue weighted by molar-refractivity contribution is 5.67. The summed E-state index contributed by atoms with van der Waals surface area (Å²) in [4.78, 5) is 15.6. The van der Waals surface area contributed by atoms with Gasteiger partial charge in [-0.25, -0.2) is 4.79 Å². The molecule has 2 unspecified atom stereocenters. The first-order valence-corrected chi connectivity index (χ1v) is 7.50. The number of nitrogens with zero attached hydrogens (tertiary/aromatic N) is 1. The van der Waals surface area contributed by atoms with E-state index in [1.54, 1.807) is 12.3 Å². The molecular weight excluding hydrogens is 310 g/mol. The third-order valence-electron chi connectivity index (χ3n) is 3.40. The van der Waals surface area contributed by atoms with Gasteiger partial charge in [0.1, 0.15) is 18.8 Å². The number of aliphatic hydroxyl groups excluding tert-OH is 2. The van der Waals surface area contributed by atoms with Crippen molar-refractivity contribution in [1.29, 1.82) is 0 Å². The minimum atomic E-state index is -1.31. The summed E-state index contributed by atoms with van der Waals surface area (Å²) in [5, 5.41) is 22.5. The summed E-state index contributed by atoms with van der Waals surface area (Å²) in [7, 11) is 0. The maximum atomic E-state index is 11.6. The van der Waals surface area contributed by atoms with E-state index in [-0.39, 0.29) is 24.5 Å². The summed E-state index contributed by atoms with van der Waals surface area (Å²) in [5.41, 5.74) is 7.94. The van der Waals surface area contributed by atoms with Gasteiger partial charge in [-0.3, -0.25) is 4.98 Å². The largest absolute Gasteiger partial charge is 0.445 e. The van der Waals surface area contributed by atoms with Crippen LogP contribution in [0.1, 0.15) is 22.9 Å². The minimum Gasteiger partial charge on any atom is -0.445 e. The van der Waals surface area contributed by atoms with Crippen LogP contribution in [0.15, 0.2) is 42.6 Å². The van der Waals surface area contributed by atoms with Crippen LogP contribution < -0.4 is 11.1 Å². The fourth-order valence-electron chi connectivity index (χ4n) is 2.11. The molecule has 1 aromatic carbocycles. The maximum absolute atomic E-state index is 11.6. The van der Waals surface area contributed by atoms with Gasteiger partial charge in [0, 0.05) is 12.7 Å². The molecule has 128 valence electrons. The summed E-state index contributed by atoms with van der Waals surface area (Å²) in [6.07, 6.45) is -1.70. The maximum Gasteiger partial charge on any atom is 0.407 e. The number of hydrogen-bond donors (Lipinski definition) is 4. The van der Waals surface area contributed by atoms with Crippen LogP contribution in [0.4, 0.5) is 10.5 Å². The number of benzene rings is 1. The Morgan fingerprint density at radius 3 is 2.71 bits per heavy atom. The van der Waals surface area contributed by atoms with E-state index in [0.29, 0.717) is 0 Å². The molecule has 0 aliphatic heterocycles. The number of amides is 1. The Bertz CT molecular complexity index is 679. The molecule has 24 heavy (non-hydrogen) atoms. The van der Waals surface area contributed by atoms with E-state index >= 15 is 0 Å². The quantitative estimate of drug-likeness (QED) is 0.633. The van der Waals surface area contributed by atoms with E-state index in [4.69, 9.17) is 10.5 Å². The Kier molecular flexibility index (Phi) is 6.11. The number of carbonyl (C=O) groups is 1. The number of carbonyl (C=O) groups excluding carboxylic acids is 1. The van der Waals surface area contributed by atoms with E-state index < -0.39 is 18.3 Å². The van der Waals surface area contributed by atoms with Crippen molar-refractivity contribution < 1.29 is 19.7 Å². The van der Waals surface area contributed by atoms with E-state index in [0.717, 1.165) is 11.1 Å². The summed E-state index contributed by atoms with van der Waals surface area (Å²) in [6.45, 7) is 1.75. The Hall–Kier alpha value is -2.64.